The number of carbonyl (C=O) groups is 2. The van der Waals surface area contributed by atoms with Crippen LogP contribution in [0.1, 0.15) is 12.5 Å². The van der Waals surface area contributed by atoms with Crippen molar-refractivity contribution in [3.63, 3.8) is 0 Å². The summed E-state index contributed by atoms with van der Waals surface area (Å²) in [5, 5.41) is 5.06. The van der Waals surface area contributed by atoms with Crippen molar-refractivity contribution in [2.75, 3.05) is 18.5 Å². The number of halogens is 1. The van der Waals surface area contributed by atoms with Gasteiger partial charge in [-0.3, -0.25) is 4.79 Å². The molecule has 0 aromatic heterocycles. The standard InChI is InChI=1S/C12H15BrN2O3/c1-3-18-10(16)7-14-12(17)15-9-6-4-5-8(2)11(9)13/h4-6H,3,7H2,1-2H3,(H2,14,15,17). The Morgan fingerprint density at radius 1 is 1.39 bits per heavy atom. The van der Waals surface area contributed by atoms with Gasteiger partial charge in [-0.25, -0.2) is 4.79 Å². The molecule has 2 amide bonds. The molecule has 0 radical (unpaired) electrons. The number of nitrogens with one attached hydrogen (secondary N) is 2. The lowest BCUT2D eigenvalue weighted by Gasteiger charge is -2.10. The number of benzene rings is 1. The maximum Gasteiger partial charge on any atom is 0.325 e. The molecule has 0 saturated heterocycles. The van der Waals surface area contributed by atoms with E-state index < -0.39 is 12.0 Å². The van der Waals surface area contributed by atoms with Crippen LogP contribution < -0.4 is 10.6 Å². The van der Waals surface area contributed by atoms with Crippen LogP contribution in [0.15, 0.2) is 22.7 Å². The number of hydrogen-bond acceptors (Lipinski definition) is 3. The largest absolute Gasteiger partial charge is 0.465 e. The van der Waals surface area contributed by atoms with E-state index in [2.05, 4.69) is 26.6 Å². The second-order valence-corrected chi connectivity index (χ2v) is 4.34. The van der Waals surface area contributed by atoms with Crippen LogP contribution in [-0.4, -0.2) is 25.2 Å². The number of aryl methyl sites for hydroxylation is 1. The highest BCUT2D eigenvalue weighted by molar-refractivity contribution is 9.10. The Hall–Kier alpha value is -1.56. The van der Waals surface area contributed by atoms with Gasteiger partial charge in [-0.15, -0.1) is 0 Å². The van der Waals surface area contributed by atoms with Crippen molar-refractivity contribution in [3.05, 3.63) is 28.2 Å². The van der Waals surface area contributed by atoms with E-state index in [4.69, 9.17) is 4.74 Å². The molecule has 0 aliphatic rings. The normalized spacial score (nSPS) is 9.72. The first kappa shape index (κ1) is 14.5. The van der Waals surface area contributed by atoms with Gasteiger partial charge in [0.1, 0.15) is 6.54 Å². The molecule has 1 rings (SSSR count). The van der Waals surface area contributed by atoms with Gasteiger partial charge in [-0.2, -0.15) is 0 Å². The summed E-state index contributed by atoms with van der Waals surface area (Å²) < 4.78 is 5.51. The summed E-state index contributed by atoms with van der Waals surface area (Å²) in [6.07, 6.45) is 0. The zero-order valence-corrected chi connectivity index (χ0v) is 11.8. The van der Waals surface area contributed by atoms with Crippen molar-refractivity contribution in [2.45, 2.75) is 13.8 Å². The molecule has 6 heteroatoms. The minimum Gasteiger partial charge on any atom is -0.465 e. The quantitative estimate of drug-likeness (QED) is 0.839. The lowest BCUT2D eigenvalue weighted by Crippen LogP contribution is -2.34. The van der Waals surface area contributed by atoms with Gasteiger partial charge in [0.05, 0.1) is 12.3 Å². The summed E-state index contributed by atoms with van der Waals surface area (Å²) in [6, 6.07) is 5.07. The number of urea groups is 1. The molecule has 0 spiro atoms. The third kappa shape index (κ3) is 4.37. The number of amides is 2. The van der Waals surface area contributed by atoms with Crippen LogP contribution in [0, 0.1) is 6.92 Å². The number of esters is 1. The van der Waals surface area contributed by atoms with E-state index >= 15 is 0 Å². The van der Waals surface area contributed by atoms with Crippen LogP contribution >= 0.6 is 15.9 Å². The van der Waals surface area contributed by atoms with Crippen molar-refractivity contribution in [2.24, 2.45) is 0 Å². The molecule has 0 unspecified atom stereocenters. The van der Waals surface area contributed by atoms with Crippen molar-refractivity contribution in [1.29, 1.82) is 0 Å². The van der Waals surface area contributed by atoms with Crippen LogP contribution in [0.2, 0.25) is 0 Å². The molecule has 0 saturated carbocycles. The van der Waals surface area contributed by atoms with E-state index in [1.807, 2.05) is 19.1 Å². The Labute approximate surface area is 114 Å². The Bertz CT molecular complexity index is 449. The monoisotopic (exact) mass is 314 g/mol. The smallest absolute Gasteiger partial charge is 0.325 e. The second-order valence-electron chi connectivity index (χ2n) is 3.55. The summed E-state index contributed by atoms with van der Waals surface area (Å²) >= 11 is 3.38. The Kier molecular flexibility index (Phi) is 5.64. The SMILES string of the molecule is CCOC(=O)CNC(=O)Nc1cccc(C)c1Br. The van der Waals surface area contributed by atoms with E-state index in [0.29, 0.717) is 12.3 Å². The zero-order chi connectivity index (χ0) is 13.5. The summed E-state index contributed by atoms with van der Waals surface area (Å²) in [6.45, 7) is 3.78. The van der Waals surface area contributed by atoms with E-state index in [0.717, 1.165) is 10.0 Å². The van der Waals surface area contributed by atoms with Gasteiger partial charge in [-0.05, 0) is 41.4 Å². The van der Waals surface area contributed by atoms with Crippen LogP contribution in [0.25, 0.3) is 0 Å². The van der Waals surface area contributed by atoms with Gasteiger partial charge in [0.25, 0.3) is 0 Å². The molecule has 98 valence electrons. The zero-order valence-electron chi connectivity index (χ0n) is 10.2. The number of anilines is 1. The highest BCUT2D eigenvalue weighted by atomic mass is 79.9. The highest BCUT2D eigenvalue weighted by Gasteiger charge is 2.08. The second kappa shape index (κ2) is 7.00. The lowest BCUT2D eigenvalue weighted by molar-refractivity contribution is -0.141. The molecule has 0 bridgehead atoms. The van der Waals surface area contributed by atoms with Crippen molar-refractivity contribution in [1.82, 2.24) is 5.32 Å². The average Bonchev–Trinajstić information content (AvgIpc) is 2.33. The van der Waals surface area contributed by atoms with Crippen LogP contribution in [-0.2, 0) is 9.53 Å². The molecular weight excluding hydrogens is 300 g/mol. The molecule has 5 nitrogen and oxygen atoms in total. The van der Waals surface area contributed by atoms with Gasteiger partial charge in [0.2, 0.25) is 0 Å². The number of carbonyl (C=O) groups excluding carboxylic acids is 2. The van der Waals surface area contributed by atoms with Gasteiger partial charge >= 0.3 is 12.0 Å². The van der Waals surface area contributed by atoms with Gasteiger partial charge < -0.3 is 15.4 Å². The predicted octanol–water partition coefficient (Wildman–Crippen LogP) is 2.44. The van der Waals surface area contributed by atoms with Gasteiger partial charge in [-0.1, -0.05) is 12.1 Å². The Morgan fingerprint density at radius 3 is 2.78 bits per heavy atom. The van der Waals surface area contributed by atoms with Crippen LogP contribution in [0.4, 0.5) is 10.5 Å². The topological polar surface area (TPSA) is 67.4 Å². The Morgan fingerprint density at radius 2 is 2.11 bits per heavy atom. The fourth-order valence-corrected chi connectivity index (χ4v) is 1.64. The fraction of sp³-hybridized carbons (Fsp3) is 0.333. The van der Waals surface area contributed by atoms with E-state index in [1.165, 1.54) is 0 Å². The molecule has 1 aromatic rings. The van der Waals surface area contributed by atoms with Crippen LogP contribution in [0.3, 0.4) is 0 Å². The summed E-state index contributed by atoms with van der Waals surface area (Å²) in [5.41, 5.74) is 1.66. The highest BCUT2D eigenvalue weighted by Crippen LogP contribution is 2.25. The lowest BCUT2D eigenvalue weighted by atomic mass is 10.2. The summed E-state index contributed by atoms with van der Waals surface area (Å²) in [4.78, 5) is 22.6. The minimum absolute atomic E-state index is 0.150. The predicted molar refractivity (Wildman–Crippen MR) is 72.5 cm³/mol. The third-order valence-electron chi connectivity index (χ3n) is 2.14. The molecule has 0 heterocycles. The average molecular weight is 315 g/mol. The number of rotatable bonds is 4. The van der Waals surface area contributed by atoms with E-state index in [9.17, 15) is 9.59 Å². The molecule has 0 aliphatic heterocycles. The first-order valence-electron chi connectivity index (χ1n) is 5.50. The van der Waals surface area contributed by atoms with Gasteiger partial charge in [0, 0.05) is 4.47 Å². The van der Waals surface area contributed by atoms with Gasteiger partial charge in [0.15, 0.2) is 0 Å². The maximum absolute atomic E-state index is 11.5. The van der Waals surface area contributed by atoms with Crippen LogP contribution in [0.5, 0.6) is 0 Å². The maximum atomic E-state index is 11.5. The summed E-state index contributed by atoms with van der Waals surface area (Å²) in [5.74, 6) is -0.462. The molecule has 0 atom stereocenters. The first-order chi connectivity index (χ1) is 8.54. The molecule has 1 aromatic carbocycles. The van der Waals surface area contributed by atoms with Crippen molar-refractivity contribution >= 4 is 33.6 Å². The molecule has 2 N–H and O–H groups in total. The number of hydrogen-bond donors (Lipinski definition) is 2. The van der Waals surface area contributed by atoms with E-state index in [-0.39, 0.29) is 6.54 Å². The molecular formula is C12H15BrN2O3. The number of ether oxygens (including phenoxy) is 1. The van der Waals surface area contributed by atoms with Crippen molar-refractivity contribution in [3.8, 4) is 0 Å². The fourth-order valence-electron chi connectivity index (χ4n) is 1.27. The third-order valence-corrected chi connectivity index (χ3v) is 3.19. The van der Waals surface area contributed by atoms with E-state index in [1.54, 1.807) is 13.0 Å². The van der Waals surface area contributed by atoms with Crippen molar-refractivity contribution < 1.29 is 14.3 Å². The molecule has 0 aliphatic carbocycles. The molecule has 18 heavy (non-hydrogen) atoms. The minimum atomic E-state index is -0.462. The first-order valence-corrected chi connectivity index (χ1v) is 6.29. The Balaban J connectivity index is 2.50. The molecule has 0 fully saturated rings. The summed E-state index contributed by atoms with van der Waals surface area (Å²) in [7, 11) is 0.